The van der Waals surface area contributed by atoms with E-state index < -0.39 is 0 Å². The third-order valence-electron chi connectivity index (χ3n) is 6.22. The zero-order valence-corrected chi connectivity index (χ0v) is 18.7. The summed E-state index contributed by atoms with van der Waals surface area (Å²) in [6, 6.07) is 9.38. The number of hydrogen-bond donors (Lipinski definition) is 1. The predicted octanol–water partition coefficient (Wildman–Crippen LogP) is 2.60. The lowest BCUT2D eigenvalue weighted by Gasteiger charge is -2.35. The number of hydrogen-bond acceptors (Lipinski definition) is 4. The minimum absolute atomic E-state index is 0.194. The molecule has 0 unspecified atom stereocenters. The molecule has 5 nitrogen and oxygen atoms in total. The van der Waals surface area contributed by atoms with E-state index in [9.17, 15) is 4.79 Å². The molecule has 2 fully saturated rings. The number of benzene rings is 1. The summed E-state index contributed by atoms with van der Waals surface area (Å²) in [5.74, 6) is 0.891. The first-order valence-corrected chi connectivity index (χ1v) is 11.6. The van der Waals surface area contributed by atoms with Crippen LogP contribution < -0.4 is 5.32 Å². The molecule has 0 spiro atoms. The van der Waals surface area contributed by atoms with Crippen LogP contribution in [0.4, 0.5) is 0 Å². The molecule has 29 heavy (non-hydrogen) atoms. The van der Waals surface area contributed by atoms with Crippen LogP contribution in [0.5, 0.6) is 0 Å². The number of nitrogens with zero attached hydrogens (tertiary/aromatic N) is 3. The maximum absolute atomic E-state index is 12.5. The van der Waals surface area contributed by atoms with Crippen LogP contribution in [-0.4, -0.2) is 79.0 Å². The highest BCUT2D eigenvalue weighted by Gasteiger charge is 2.23. The van der Waals surface area contributed by atoms with Crippen LogP contribution in [-0.2, 0) is 17.8 Å². The lowest BCUT2D eigenvalue weighted by Crippen LogP contribution is -2.52. The van der Waals surface area contributed by atoms with Crippen LogP contribution in [0.15, 0.2) is 24.3 Å². The fraction of sp³-hybridized carbons (Fsp3) is 0.708. The molecule has 2 aliphatic rings. The Kier molecular flexibility index (Phi) is 8.52. The van der Waals surface area contributed by atoms with Crippen molar-refractivity contribution in [3.05, 3.63) is 35.4 Å². The normalized spacial score (nSPS) is 22.1. The molecule has 1 aromatic rings. The zero-order chi connectivity index (χ0) is 20.6. The Morgan fingerprint density at radius 1 is 1.00 bits per heavy atom. The van der Waals surface area contributed by atoms with Gasteiger partial charge in [-0.25, -0.2) is 0 Å². The number of carbonyl (C=O) groups is 1. The lowest BCUT2D eigenvalue weighted by molar-refractivity contribution is -0.123. The largest absolute Gasteiger partial charge is 0.351 e. The first-order chi connectivity index (χ1) is 14.0. The summed E-state index contributed by atoms with van der Waals surface area (Å²) in [5, 5.41) is 3.30. The molecule has 5 heteroatoms. The summed E-state index contributed by atoms with van der Waals surface area (Å²) in [6.07, 6.45) is 3.40. The van der Waals surface area contributed by atoms with Gasteiger partial charge in [0.25, 0.3) is 0 Å². The number of amides is 1. The van der Waals surface area contributed by atoms with Crippen molar-refractivity contribution >= 4 is 5.91 Å². The molecule has 0 bridgehead atoms. The van der Waals surface area contributed by atoms with Gasteiger partial charge >= 0.3 is 0 Å². The maximum atomic E-state index is 12.5. The quantitative estimate of drug-likeness (QED) is 0.728. The van der Waals surface area contributed by atoms with Gasteiger partial charge in [-0.3, -0.25) is 14.6 Å². The smallest absolute Gasteiger partial charge is 0.234 e. The number of rotatable bonds is 8. The lowest BCUT2D eigenvalue weighted by atomic mass is 10.0. The van der Waals surface area contributed by atoms with Crippen molar-refractivity contribution < 1.29 is 4.79 Å². The van der Waals surface area contributed by atoms with E-state index in [-0.39, 0.29) is 11.9 Å². The van der Waals surface area contributed by atoms with Gasteiger partial charge in [0.15, 0.2) is 0 Å². The molecule has 162 valence electrons. The molecule has 0 aromatic heterocycles. The van der Waals surface area contributed by atoms with Crippen LogP contribution in [0, 0.1) is 5.92 Å². The summed E-state index contributed by atoms with van der Waals surface area (Å²) in [6.45, 7) is 15.6. The first kappa shape index (κ1) is 22.3. The standard InChI is InChI=1S/C24H40N4O/c1-4-26-12-14-27(15-13-26)19-24(29)25-23-6-5-11-28(18-23)17-22-9-7-21(8-10-22)16-20(2)3/h7-10,20,23H,4-6,11-19H2,1-3H3,(H,25,29)/t23-/m0/s1. The van der Waals surface area contributed by atoms with Crippen LogP contribution in [0.2, 0.25) is 0 Å². The monoisotopic (exact) mass is 400 g/mol. The zero-order valence-electron chi connectivity index (χ0n) is 18.7. The number of nitrogens with one attached hydrogen (secondary N) is 1. The van der Waals surface area contributed by atoms with Crippen LogP contribution in [0.1, 0.15) is 44.7 Å². The average molecular weight is 401 g/mol. The summed E-state index contributed by atoms with van der Waals surface area (Å²) in [7, 11) is 0. The van der Waals surface area contributed by atoms with Crippen molar-refractivity contribution in [3.8, 4) is 0 Å². The van der Waals surface area contributed by atoms with Gasteiger partial charge < -0.3 is 10.2 Å². The van der Waals surface area contributed by atoms with Gasteiger partial charge in [-0.05, 0) is 49.4 Å². The van der Waals surface area contributed by atoms with Gasteiger partial charge in [0.05, 0.1) is 6.54 Å². The second-order valence-electron chi connectivity index (χ2n) is 9.27. The Hall–Kier alpha value is -1.43. The molecule has 2 saturated heterocycles. The fourth-order valence-electron chi connectivity index (χ4n) is 4.57. The number of likely N-dealkylation sites (N-methyl/N-ethyl adjacent to an activating group) is 1. The number of piperidine rings is 1. The van der Waals surface area contributed by atoms with Crippen molar-refractivity contribution in [3.63, 3.8) is 0 Å². The van der Waals surface area contributed by atoms with Crippen LogP contribution in [0.25, 0.3) is 0 Å². The highest BCUT2D eigenvalue weighted by atomic mass is 16.2. The molecular formula is C24H40N4O. The number of carbonyl (C=O) groups excluding carboxylic acids is 1. The average Bonchev–Trinajstić information content (AvgIpc) is 2.70. The maximum Gasteiger partial charge on any atom is 0.234 e. The molecule has 0 saturated carbocycles. The molecule has 1 amide bonds. The van der Waals surface area contributed by atoms with E-state index in [1.54, 1.807) is 0 Å². The molecule has 0 radical (unpaired) electrons. The Morgan fingerprint density at radius 3 is 2.31 bits per heavy atom. The SMILES string of the molecule is CCN1CCN(CC(=O)N[C@H]2CCCN(Cc3ccc(CC(C)C)cc3)C2)CC1. The molecule has 3 rings (SSSR count). The van der Waals surface area contributed by atoms with Gasteiger partial charge in [-0.1, -0.05) is 45.0 Å². The number of piperazine rings is 1. The van der Waals surface area contributed by atoms with Gasteiger partial charge in [0, 0.05) is 45.3 Å². The fourth-order valence-corrected chi connectivity index (χ4v) is 4.57. The highest BCUT2D eigenvalue weighted by molar-refractivity contribution is 5.78. The topological polar surface area (TPSA) is 38.8 Å². The molecule has 1 N–H and O–H groups in total. The molecule has 0 aliphatic carbocycles. The van der Waals surface area contributed by atoms with E-state index in [0.717, 1.165) is 71.6 Å². The van der Waals surface area contributed by atoms with Crippen molar-refractivity contribution in [2.75, 3.05) is 52.4 Å². The minimum atomic E-state index is 0.194. The Balaban J connectivity index is 1.41. The van der Waals surface area contributed by atoms with E-state index in [4.69, 9.17) is 0 Å². The Morgan fingerprint density at radius 2 is 1.66 bits per heavy atom. The molecule has 2 heterocycles. The van der Waals surface area contributed by atoms with E-state index >= 15 is 0 Å². The Bertz CT molecular complexity index is 622. The third kappa shape index (κ3) is 7.40. The minimum Gasteiger partial charge on any atom is -0.351 e. The summed E-state index contributed by atoms with van der Waals surface area (Å²) < 4.78 is 0. The second kappa shape index (κ2) is 11.1. The van der Waals surface area contributed by atoms with Gasteiger partial charge in [-0.2, -0.15) is 0 Å². The Labute approximate surface area is 177 Å². The van der Waals surface area contributed by atoms with Gasteiger partial charge in [-0.15, -0.1) is 0 Å². The van der Waals surface area contributed by atoms with Crippen LogP contribution in [0.3, 0.4) is 0 Å². The predicted molar refractivity (Wildman–Crippen MR) is 120 cm³/mol. The van der Waals surface area contributed by atoms with E-state index in [1.807, 2.05) is 0 Å². The molecule has 2 aliphatic heterocycles. The molecule has 1 aromatic carbocycles. The van der Waals surface area contributed by atoms with E-state index in [2.05, 4.69) is 65.1 Å². The van der Waals surface area contributed by atoms with Crippen molar-refractivity contribution in [2.24, 2.45) is 5.92 Å². The van der Waals surface area contributed by atoms with Crippen LogP contribution >= 0.6 is 0 Å². The second-order valence-corrected chi connectivity index (χ2v) is 9.27. The third-order valence-corrected chi connectivity index (χ3v) is 6.22. The summed E-state index contributed by atoms with van der Waals surface area (Å²) in [5.41, 5.74) is 2.80. The highest BCUT2D eigenvalue weighted by Crippen LogP contribution is 2.16. The van der Waals surface area contributed by atoms with Gasteiger partial charge in [0.2, 0.25) is 5.91 Å². The number of likely N-dealkylation sites (tertiary alicyclic amines) is 1. The van der Waals surface area contributed by atoms with E-state index in [1.165, 1.54) is 11.1 Å². The summed E-state index contributed by atoms with van der Waals surface area (Å²) >= 11 is 0. The molecule has 1 atom stereocenters. The van der Waals surface area contributed by atoms with Crippen molar-refractivity contribution in [1.82, 2.24) is 20.0 Å². The van der Waals surface area contributed by atoms with E-state index in [0.29, 0.717) is 12.5 Å². The van der Waals surface area contributed by atoms with Crippen molar-refractivity contribution in [1.29, 1.82) is 0 Å². The van der Waals surface area contributed by atoms with Crippen molar-refractivity contribution in [2.45, 2.75) is 52.6 Å². The first-order valence-electron chi connectivity index (χ1n) is 11.6. The van der Waals surface area contributed by atoms with Gasteiger partial charge in [0.1, 0.15) is 0 Å². The molecular weight excluding hydrogens is 360 g/mol. The summed E-state index contributed by atoms with van der Waals surface area (Å²) in [4.78, 5) is 19.8.